The molecule has 2 fully saturated rings. The number of anilines is 5. The second kappa shape index (κ2) is 38.1. The number of piperazine rings is 2. The Morgan fingerprint density at radius 2 is 0.664 bits per heavy atom. The maximum absolute atomic E-state index is 14.2. The van der Waals surface area contributed by atoms with E-state index in [0.29, 0.717) is 62.0 Å². The summed E-state index contributed by atoms with van der Waals surface area (Å²) in [7, 11) is 4.14. The smallest absolute Gasteiger partial charge is 0.274 e. The van der Waals surface area contributed by atoms with Crippen LogP contribution >= 0.6 is 15.9 Å². The number of hydrogen-bond acceptors (Lipinski definition) is 19. The molecule has 2 aliphatic heterocycles. The predicted molar refractivity (Wildman–Crippen MR) is 443 cm³/mol. The SMILES string of the molecule is CN1CCN(c2cc(F)cc(-c3cc(-c4cc(F)ccc4O)[nH]n3)c2)CC1.CN1CCN(c2cc(F)cc(-c3cc(-c4cc(F)ccc4O)[nH]n3)c2)CC1.O=C(Nc1cc(-c2cc(F)ccc2O)[nH]n1)c1cc(F)ccc1O.O=C(Nc1cc(-c2cc(F)ccc2O)[nH]n1)c1ccc(Br)cc1.O=C(Nc1cc(-c2cc(F)ccc2O)[nH]n1)c1ccn[nH]1. The normalized spacial score (nSPS) is 12.6. The molecule has 0 unspecified atom stereocenters. The number of H-pyrrole nitrogens is 6. The van der Waals surface area contributed by atoms with Gasteiger partial charge in [0.25, 0.3) is 17.7 Å². The largest absolute Gasteiger partial charge is 0.507 e. The maximum Gasteiger partial charge on any atom is 0.274 e. The third-order valence-corrected chi connectivity index (χ3v) is 19.5. The highest BCUT2D eigenvalue weighted by atomic mass is 79.9. The standard InChI is InChI=1S/2C20H20F2N4O.C16H11BrFN3O2.C16H11F2N3O3.C13H10FN5O2/c2*1-25-4-6-26(7-5-25)16-9-13(8-15(22)10-16)18-12-19(24-23-18)17-11-14(21)2-3-20(17)27;17-10-3-1-9(2-4-10)16(23)19-15-8-13(20-21-15)12-7-11(18)5-6-14(12)22;17-8-1-3-13(22)10(5-8)12-7-15(21-20-12)19-16(24)11-6-9(18)2-4-14(11)23;14-7-1-2-11(20)8(5-7)10-6-12(19-18-10)16-13(21)9-3-4-15-17-9/h2*2-3,8-12,27H,4-7H2,1H3,(H,23,24);1-8,22H,(H2,19,20,21,23);1-7,22-23H,(H2,19,20,21,24);1-6,20H,(H,15,17)(H2,16,18,19,21). The average molecular weight is 1740 g/mol. The van der Waals surface area contributed by atoms with E-state index in [4.69, 9.17) is 0 Å². The highest BCUT2D eigenvalue weighted by molar-refractivity contribution is 9.10. The van der Waals surface area contributed by atoms with Gasteiger partial charge >= 0.3 is 0 Å². The van der Waals surface area contributed by atoms with Crippen molar-refractivity contribution in [3.8, 4) is 113 Å². The number of aromatic nitrogens is 12. The van der Waals surface area contributed by atoms with E-state index in [1.54, 1.807) is 36.4 Å². The van der Waals surface area contributed by atoms with Crippen molar-refractivity contribution in [2.45, 2.75) is 0 Å². The Morgan fingerprint density at radius 1 is 0.336 bits per heavy atom. The van der Waals surface area contributed by atoms with Crippen LogP contribution in [-0.4, -0.2) is 186 Å². The van der Waals surface area contributed by atoms with E-state index < -0.39 is 46.7 Å². The van der Waals surface area contributed by atoms with Crippen molar-refractivity contribution in [1.29, 1.82) is 0 Å². The summed E-state index contributed by atoms with van der Waals surface area (Å²) in [5.74, 6) is -5.52. The fourth-order valence-electron chi connectivity index (χ4n) is 12.6. The first-order chi connectivity index (χ1) is 58.6. The van der Waals surface area contributed by atoms with Gasteiger partial charge in [0, 0.05) is 137 Å². The molecule has 0 spiro atoms. The van der Waals surface area contributed by atoms with Crippen molar-refractivity contribution >= 4 is 62.5 Å². The van der Waals surface area contributed by atoms with E-state index >= 15 is 0 Å². The van der Waals surface area contributed by atoms with Crippen LogP contribution < -0.4 is 25.8 Å². The van der Waals surface area contributed by atoms with Gasteiger partial charge in [0.1, 0.15) is 86.7 Å². The lowest BCUT2D eigenvalue weighted by Crippen LogP contribution is -2.44. The molecule has 0 aliphatic carbocycles. The number of carbonyl (C=O) groups excluding carboxylic acids is 3. The lowest BCUT2D eigenvalue weighted by atomic mass is 10.1. The summed E-state index contributed by atoms with van der Waals surface area (Å²) < 4.78 is 109. The molecule has 28 nitrogen and oxygen atoms in total. The molecule has 122 heavy (non-hydrogen) atoms. The first-order valence-electron chi connectivity index (χ1n) is 37.0. The van der Waals surface area contributed by atoms with Gasteiger partial charge in [-0.05, 0) is 202 Å². The molecule has 17 rings (SSSR count). The van der Waals surface area contributed by atoms with E-state index in [1.807, 2.05) is 12.1 Å². The van der Waals surface area contributed by atoms with Crippen LogP contribution in [0.3, 0.4) is 0 Å². The molecule has 15 N–H and O–H groups in total. The fourth-order valence-corrected chi connectivity index (χ4v) is 12.8. The summed E-state index contributed by atoms with van der Waals surface area (Å²) >= 11 is 3.30. The number of aromatic hydroxyl groups is 6. The van der Waals surface area contributed by atoms with Crippen LogP contribution in [0, 0.1) is 46.5 Å². The molecule has 37 heteroatoms. The number of amides is 3. The van der Waals surface area contributed by atoms with Crippen molar-refractivity contribution in [3.05, 3.63) is 280 Å². The number of benzene rings is 9. The zero-order valence-electron chi connectivity index (χ0n) is 64.1. The maximum atomic E-state index is 14.2. The molecule has 0 radical (unpaired) electrons. The molecule has 6 aromatic heterocycles. The van der Waals surface area contributed by atoms with Gasteiger partial charge in [0.05, 0.1) is 45.4 Å². The Bertz CT molecular complexity index is 6070. The van der Waals surface area contributed by atoms with Gasteiger partial charge < -0.3 is 66.2 Å². The summed E-state index contributed by atoms with van der Waals surface area (Å²) in [5.41, 5.74) is 7.74. The van der Waals surface area contributed by atoms with Gasteiger partial charge in [0.15, 0.2) is 17.5 Å². The van der Waals surface area contributed by atoms with Gasteiger partial charge in [0.2, 0.25) is 0 Å². The average Bonchev–Trinajstić information content (AvgIpc) is 1.66. The summed E-state index contributed by atoms with van der Waals surface area (Å²) in [6.45, 7) is 7.05. The van der Waals surface area contributed by atoms with Gasteiger partial charge in [-0.15, -0.1) is 0 Å². The predicted octanol–water partition coefficient (Wildman–Crippen LogP) is 15.8. The number of hydrogen-bond donors (Lipinski definition) is 15. The lowest BCUT2D eigenvalue weighted by Gasteiger charge is -2.34. The van der Waals surface area contributed by atoms with Crippen molar-refractivity contribution in [2.24, 2.45) is 0 Å². The van der Waals surface area contributed by atoms with E-state index in [0.717, 1.165) is 111 Å². The molecule has 8 heterocycles. The van der Waals surface area contributed by atoms with Crippen LogP contribution in [0.5, 0.6) is 34.5 Å². The minimum absolute atomic E-state index is 0.0519. The van der Waals surface area contributed by atoms with Crippen LogP contribution in [0.25, 0.3) is 78.8 Å². The fraction of sp³-hybridized carbons (Fsp3) is 0.118. The van der Waals surface area contributed by atoms with E-state index in [1.165, 1.54) is 121 Å². The Balaban J connectivity index is 0.000000132. The molecule has 0 bridgehead atoms. The number of nitrogens with one attached hydrogen (secondary N) is 9. The third kappa shape index (κ3) is 21.6. The Morgan fingerprint density at radius 3 is 1.02 bits per heavy atom. The topological polar surface area (TPSA) is 394 Å². The van der Waals surface area contributed by atoms with E-state index in [2.05, 4.69) is 127 Å². The highest BCUT2D eigenvalue weighted by Gasteiger charge is 2.23. The number of likely N-dealkylation sites (N-methyl/N-ethyl adjacent to an activating group) is 2. The van der Waals surface area contributed by atoms with Crippen molar-refractivity contribution in [1.82, 2.24) is 71.0 Å². The van der Waals surface area contributed by atoms with Gasteiger partial charge in [-0.3, -0.25) is 45.0 Å². The molecule has 624 valence electrons. The van der Waals surface area contributed by atoms with Crippen LogP contribution in [0.4, 0.5) is 64.0 Å². The first kappa shape index (κ1) is 84.8. The van der Waals surface area contributed by atoms with Crippen LogP contribution in [-0.2, 0) is 0 Å². The number of rotatable bonds is 15. The van der Waals surface area contributed by atoms with Crippen molar-refractivity contribution in [3.63, 3.8) is 0 Å². The van der Waals surface area contributed by atoms with E-state index in [9.17, 15) is 80.1 Å². The summed E-state index contributed by atoms with van der Waals surface area (Å²) in [6.07, 6.45) is 1.45. The summed E-state index contributed by atoms with van der Waals surface area (Å²) in [4.78, 5) is 44.7. The Hall–Kier alpha value is -15.1. The first-order valence-corrected chi connectivity index (χ1v) is 37.8. The molecular weight excluding hydrogens is 1660 g/mol. The number of phenolic OH excluding ortho intramolecular Hbond substituents is 6. The highest BCUT2D eigenvalue weighted by Crippen LogP contribution is 2.38. The zero-order valence-corrected chi connectivity index (χ0v) is 65.7. The van der Waals surface area contributed by atoms with Gasteiger partial charge in [-0.2, -0.15) is 30.6 Å². The zero-order chi connectivity index (χ0) is 86.4. The van der Waals surface area contributed by atoms with E-state index in [-0.39, 0.29) is 103 Å². The quantitative estimate of drug-likeness (QED) is 0.0424. The number of aromatic amines is 6. The Labute approximate surface area is 696 Å². The molecule has 3 amide bonds. The monoisotopic (exact) mass is 1730 g/mol. The number of carbonyl (C=O) groups is 3. The second-order valence-electron chi connectivity index (χ2n) is 27.6. The number of phenols is 6. The van der Waals surface area contributed by atoms with Gasteiger partial charge in [-0.1, -0.05) is 15.9 Å². The molecular formula is C85H72BrF8N19O9. The number of halogens is 9. The number of nitrogens with zero attached hydrogens (tertiary/aromatic N) is 10. The summed E-state index contributed by atoms with van der Waals surface area (Å²) in [5, 5.41) is 106. The molecule has 2 saturated heterocycles. The molecule has 0 atom stereocenters. The van der Waals surface area contributed by atoms with Crippen molar-refractivity contribution in [2.75, 3.05) is 92.2 Å². The molecule has 15 aromatic rings. The third-order valence-electron chi connectivity index (χ3n) is 19.0. The summed E-state index contributed by atoms with van der Waals surface area (Å²) in [6, 6.07) is 46.7. The molecule has 0 saturated carbocycles. The Kier molecular flexibility index (Phi) is 26.5. The van der Waals surface area contributed by atoms with Crippen LogP contribution in [0.15, 0.2) is 217 Å². The van der Waals surface area contributed by atoms with Crippen LogP contribution in [0.1, 0.15) is 31.2 Å². The van der Waals surface area contributed by atoms with Gasteiger partial charge in [-0.25, -0.2) is 35.1 Å². The van der Waals surface area contributed by atoms with Crippen molar-refractivity contribution < 1.29 is 80.1 Å². The molecule has 9 aromatic carbocycles. The minimum atomic E-state index is -0.770. The minimum Gasteiger partial charge on any atom is -0.507 e. The second-order valence-corrected chi connectivity index (χ2v) is 28.5. The lowest BCUT2D eigenvalue weighted by molar-refractivity contribution is 0.101. The molecule has 2 aliphatic rings. The van der Waals surface area contributed by atoms with Crippen LogP contribution in [0.2, 0.25) is 0 Å².